The fourth-order valence-corrected chi connectivity index (χ4v) is 3.97. The molecule has 0 saturated heterocycles. The first-order valence-electron chi connectivity index (χ1n) is 14.5. The number of esters is 1. The summed E-state index contributed by atoms with van der Waals surface area (Å²) in [6.07, 6.45) is -2.48. The number of benzene rings is 1. The Balaban J connectivity index is 3.00. The second-order valence-electron chi connectivity index (χ2n) is 11.4. The third-order valence-corrected chi connectivity index (χ3v) is 5.89. The monoisotopic (exact) mass is 592 g/mol. The molecule has 3 atom stereocenters. The van der Waals surface area contributed by atoms with Crippen molar-refractivity contribution < 1.29 is 38.6 Å². The number of hydrogen-bond donors (Lipinski definition) is 4. The highest BCUT2D eigenvalue weighted by Crippen LogP contribution is 2.11. The van der Waals surface area contributed by atoms with Crippen molar-refractivity contribution in [2.75, 3.05) is 13.2 Å². The molecule has 0 heterocycles. The van der Waals surface area contributed by atoms with Crippen LogP contribution in [-0.2, 0) is 35.3 Å². The Bertz CT molecular complexity index is 1020. The standard InChI is InChI=1S/C30H48N4O8/c1-8-41-29(39)25(35)16-26(36)34(17-21(6)7)33-28(38)24(15-20(4)5)31-27(37)23(14-19(2)3)32-30(40)42-18-22-12-10-9-11-13-22/h9-13,19-21,23-25,35H,8,14-18H2,1-7H3,(H,31,37)(H,32,40)(H,33,38)/t23-,24-,25-/m0/s1. The predicted octanol–water partition coefficient (Wildman–Crippen LogP) is 2.69. The molecule has 1 rings (SSSR count). The van der Waals surface area contributed by atoms with Gasteiger partial charge in [0.2, 0.25) is 11.8 Å². The number of nitrogens with one attached hydrogen (secondary N) is 3. The van der Waals surface area contributed by atoms with Gasteiger partial charge in [0.05, 0.1) is 13.0 Å². The highest BCUT2D eigenvalue weighted by atomic mass is 16.6. The summed E-state index contributed by atoms with van der Waals surface area (Å²) in [5, 5.41) is 16.4. The summed E-state index contributed by atoms with van der Waals surface area (Å²) in [7, 11) is 0. The van der Waals surface area contributed by atoms with Gasteiger partial charge in [-0.15, -0.1) is 0 Å². The molecule has 0 aliphatic carbocycles. The van der Waals surface area contributed by atoms with Gasteiger partial charge in [0, 0.05) is 6.54 Å². The Morgan fingerprint density at radius 2 is 1.38 bits per heavy atom. The number of alkyl carbamates (subject to hydrolysis) is 1. The first kappa shape index (κ1) is 36.4. The van der Waals surface area contributed by atoms with Crippen molar-refractivity contribution in [3.63, 3.8) is 0 Å². The number of aliphatic hydroxyl groups excluding tert-OH is 1. The number of hydrazine groups is 1. The molecule has 12 heteroatoms. The second-order valence-corrected chi connectivity index (χ2v) is 11.4. The maximum absolute atomic E-state index is 13.4. The van der Waals surface area contributed by atoms with Crippen LogP contribution in [0.1, 0.15) is 73.3 Å². The molecule has 12 nitrogen and oxygen atoms in total. The van der Waals surface area contributed by atoms with Crippen LogP contribution < -0.4 is 16.1 Å². The summed E-state index contributed by atoms with van der Waals surface area (Å²) in [4.78, 5) is 64.0. The van der Waals surface area contributed by atoms with Crippen molar-refractivity contribution in [2.24, 2.45) is 17.8 Å². The van der Waals surface area contributed by atoms with Crippen LogP contribution in [0.15, 0.2) is 30.3 Å². The lowest BCUT2D eigenvalue weighted by Gasteiger charge is -2.29. The van der Waals surface area contributed by atoms with E-state index in [9.17, 15) is 29.1 Å². The lowest BCUT2D eigenvalue weighted by atomic mass is 10.0. The number of hydrogen-bond acceptors (Lipinski definition) is 8. The van der Waals surface area contributed by atoms with E-state index in [0.29, 0.717) is 6.42 Å². The molecular formula is C30H48N4O8. The van der Waals surface area contributed by atoms with Crippen LogP contribution in [0, 0.1) is 17.8 Å². The van der Waals surface area contributed by atoms with Gasteiger partial charge in [0.1, 0.15) is 18.7 Å². The molecule has 0 saturated carbocycles. The van der Waals surface area contributed by atoms with Gasteiger partial charge in [-0.1, -0.05) is 71.9 Å². The molecule has 0 aliphatic heterocycles. The van der Waals surface area contributed by atoms with Gasteiger partial charge in [-0.05, 0) is 43.1 Å². The minimum absolute atomic E-state index is 0.00622. The first-order chi connectivity index (χ1) is 19.7. The van der Waals surface area contributed by atoms with Gasteiger partial charge in [-0.2, -0.15) is 0 Å². The Kier molecular flexibility index (Phi) is 16.2. The van der Waals surface area contributed by atoms with Crippen molar-refractivity contribution in [3.05, 3.63) is 35.9 Å². The Labute approximate surface area is 248 Å². The van der Waals surface area contributed by atoms with E-state index in [0.717, 1.165) is 10.6 Å². The molecule has 0 bridgehead atoms. The maximum Gasteiger partial charge on any atom is 0.408 e. The lowest BCUT2D eigenvalue weighted by Crippen LogP contribution is -2.58. The van der Waals surface area contributed by atoms with Gasteiger partial charge in [-0.25, -0.2) is 9.59 Å². The largest absolute Gasteiger partial charge is 0.464 e. The molecule has 1 aromatic rings. The summed E-state index contributed by atoms with van der Waals surface area (Å²) < 4.78 is 10.0. The van der Waals surface area contributed by atoms with Crippen LogP contribution in [-0.4, -0.2) is 71.2 Å². The van der Waals surface area contributed by atoms with Crippen LogP contribution in [0.4, 0.5) is 4.79 Å². The molecule has 42 heavy (non-hydrogen) atoms. The van der Waals surface area contributed by atoms with E-state index in [1.54, 1.807) is 6.92 Å². The second kappa shape index (κ2) is 18.7. The number of aliphatic hydroxyl groups is 1. The highest BCUT2D eigenvalue weighted by molar-refractivity contribution is 5.92. The lowest BCUT2D eigenvalue weighted by molar-refractivity contribution is -0.157. The molecule has 0 aliphatic rings. The molecule has 0 fully saturated rings. The molecule has 0 unspecified atom stereocenters. The van der Waals surface area contributed by atoms with Crippen molar-refractivity contribution in [1.29, 1.82) is 0 Å². The van der Waals surface area contributed by atoms with E-state index in [-0.39, 0.29) is 43.9 Å². The van der Waals surface area contributed by atoms with E-state index in [4.69, 9.17) is 9.47 Å². The molecule has 4 N–H and O–H groups in total. The van der Waals surface area contributed by atoms with E-state index in [1.165, 1.54) is 0 Å². The van der Waals surface area contributed by atoms with E-state index < -0.39 is 54.4 Å². The zero-order valence-corrected chi connectivity index (χ0v) is 25.8. The van der Waals surface area contributed by atoms with Crippen LogP contribution in [0.3, 0.4) is 0 Å². The van der Waals surface area contributed by atoms with Crippen LogP contribution in [0.5, 0.6) is 0 Å². The molecule has 4 amide bonds. The normalized spacial score (nSPS) is 13.2. The molecule has 236 valence electrons. The van der Waals surface area contributed by atoms with Gasteiger partial charge < -0.3 is 25.2 Å². The summed E-state index contributed by atoms with van der Waals surface area (Å²) >= 11 is 0. The van der Waals surface area contributed by atoms with Gasteiger partial charge in [-0.3, -0.25) is 24.8 Å². The Hall–Kier alpha value is -3.67. The zero-order valence-electron chi connectivity index (χ0n) is 25.8. The number of ether oxygens (including phenoxy) is 2. The number of carbonyl (C=O) groups excluding carboxylic acids is 5. The quantitative estimate of drug-likeness (QED) is 0.168. The van der Waals surface area contributed by atoms with E-state index >= 15 is 0 Å². The fourth-order valence-electron chi connectivity index (χ4n) is 3.97. The summed E-state index contributed by atoms with van der Waals surface area (Å²) in [6, 6.07) is 7.11. The number of nitrogens with zero attached hydrogens (tertiary/aromatic N) is 1. The zero-order chi connectivity index (χ0) is 31.8. The SMILES string of the molecule is CCOC(=O)[C@@H](O)CC(=O)N(CC(C)C)NC(=O)[C@H](CC(C)C)NC(=O)[C@H](CC(C)C)NC(=O)OCc1ccccc1. The topological polar surface area (TPSA) is 163 Å². The summed E-state index contributed by atoms with van der Waals surface area (Å²) in [6.45, 7) is 13.0. The third kappa shape index (κ3) is 14.3. The molecule has 0 aromatic heterocycles. The van der Waals surface area contributed by atoms with E-state index in [2.05, 4.69) is 16.1 Å². The van der Waals surface area contributed by atoms with Crippen molar-refractivity contribution in [3.8, 4) is 0 Å². The first-order valence-corrected chi connectivity index (χ1v) is 14.5. The minimum Gasteiger partial charge on any atom is -0.464 e. The third-order valence-electron chi connectivity index (χ3n) is 5.89. The van der Waals surface area contributed by atoms with Crippen molar-refractivity contribution in [2.45, 2.75) is 92.5 Å². The minimum atomic E-state index is -1.68. The van der Waals surface area contributed by atoms with Crippen LogP contribution in [0.2, 0.25) is 0 Å². The number of amides is 4. The smallest absolute Gasteiger partial charge is 0.408 e. The fraction of sp³-hybridized carbons (Fsp3) is 0.633. The number of carbonyl (C=O) groups is 5. The van der Waals surface area contributed by atoms with Gasteiger partial charge >= 0.3 is 12.1 Å². The molecular weight excluding hydrogens is 544 g/mol. The molecule has 0 spiro atoms. The van der Waals surface area contributed by atoms with Gasteiger partial charge in [0.15, 0.2) is 6.10 Å². The molecule has 0 radical (unpaired) electrons. The highest BCUT2D eigenvalue weighted by Gasteiger charge is 2.31. The van der Waals surface area contributed by atoms with E-state index in [1.807, 2.05) is 71.9 Å². The van der Waals surface area contributed by atoms with Crippen LogP contribution >= 0.6 is 0 Å². The van der Waals surface area contributed by atoms with Crippen molar-refractivity contribution in [1.82, 2.24) is 21.1 Å². The van der Waals surface area contributed by atoms with Crippen molar-refractivity contribution >= 4 is 29.8 Å². The summed E-state index contributed by atoms with van der Waals surface area (Å²) in [5.41, 5.74) is 3.34. The summed E-state index contributed by atoms with van der Waals surface area (Å²) in [5.74, 6) is -2.86. The average Bonchev–Trinajstić information content (AvgIpc) is 2.90. The van der Waals surface area contributed by atoms with Crippen LogP contribution in [0.25, 0.3) is 0 Å². The Morgan fingerprint density at radius 1 is 0.810 bits per heavy atom. The Morgan fingerprint density at radius 3 is 1.90 bits per heavy atom. The number of rotatable bonds is 16. The molecule has 1 aromatic carbocycles. The maximum atomic E-state index is 13.4. The average molecular weight is 593 g/mol. The predicted molar refractivity (Wildman–Crippen MR) is 156 cm³/mol. The van der Waals surface area contributed by atoms with Gasteiger partial charge in [0.25, 0.3) is 5.91 Å².